The predicted molar refractivity (Wildman–Crippen MR) is 53.9 cm³/mol. The molecule has 1 aliphatic rings. The first-order valence-electron chi connectivity index (χ1n) is 5.06. The lowest BCUT2D eigenvalue weighted by atomic mass is 9.93. The number of nitrogens with zero attached hydrogens (tertiary/aromatic N) is 2. The maximum Gasteiger partial charge on any atom is 0.0846 e. The summed E-state index contributed by atoms with van der Waals surface area (Å²) in [5, 5.41) is 4.14. The average Bonchev–Trinajstić information content (AvgIpc) is 2.77. The summed E-state index contributed by atoms with van der Waals surface area (Å²) in [6, 6.07) is 0. The highest BCUT2D eigenvalue weighted by molar-refractivity contribution is 5.09. The van der Waals surface area contributed by atoms with Gasteiger partial charge in [0.1, 0.15) is 0 Å². The van der Waals surface area contributed by atoms with E-state index in [-0.39, 0.29) is 5.60 Å². The second kappa shape index (κ2) is 3.71. The van der Waals surface area contributed by atoms with E-state index in [2.05, 4.69) is 5.10 Å². The van der Waals surface area contributed by atoms with Gasteiger partial charge in [-0.25, -0.2) is 0 Å². The molecule has 4 heteroatoms. The Morgan fingerprint density at radius 2 is 2.57 bits per heavy atom. The number of aromatic nitrogens is 2. The second-order valence-corrected chi connectivity index (χ2v) is 4.04. The van der Waals surface area contributed by atoms with E-state index in [1.165, 1.54) is 5.56 Å². The molecule has 0 saturated carbocycles. The Bertz CT molecular complexity index is 302. The maximum atomic E-state index is 5.77. The number of nitrogens with two attached hydrogens (primary N) is 1. The van der Waals surface area contributed by atoms with Crippen LogP contribution in [-0.4, -0.2) is 28.5 Å². The number of aryl methyl sites for hydroxylation is 1. The molecule has 0 bridgehead atoms. The van der Waals surface area contributed by atoms with Crippen molar-refractivity contribution < 1.29 is 4.74 Å². The molecule has 14 heavy (non-hydrogen) atoms. The third kappa shape index (κ3) is 1.81. The molecule has 1 aliphatic heterocycles. The molecule has 0 amide bonds. The van der Waals surface area contributed by atoms with Gasteiger partial charge in [0.05, 0.1) is 11.8 Å². The summed E-state index contributed by atoms with van der Waals surface area (Å²) >= 11 is 0. The third-order valence-corrected chi connectivity index (χ3v) is 2.84. The van der Waals surface area contributed by atoms with Crippen molar-refractivity contribution in [2.45, 2.75) is 24.9 Å². The molecule has 1 aromatic rings. The summed E-state index contributed by atoms with van der Waals surface area (Å²) in [4.78, 5) is 0. The zero-order chi connectivity index (χ0) is 10.0. The van der Waals surface area contributed by atoms with Gasteiger partial charge in [-0.15, -0.1) is 0 Å². The number of ether oxygens (including phenoxy) is 1. The molecule has 0 aromatic carbocycles. The molecule has 1 atom stereocenters. The van der Waals surface area contributed by atoms with Crippen molar-refractivity contribution in [3.8, 4) is 0 Å². The Labute approximate surface area is 84.0 Å². The quantitative estimate of drug-likeness (QED) is 0.762. The van der Waals surface area contributed by atoms with E-state index in [1.54, 1.807) is 0 Å². The van der Waals surface area contributed by atoms with Crippen LogP contribution >= 0.6 is 0 Å². The standard InChI is InChI=1S/C10H17N3O/c1-13-7-9(6-12-13)5-10(8-11)3-2-4-14-10/h6-7H,2-5,8,11H2,1H3. The van der Waals surface area contributed by atoms with Crippen LogP contribution in [0.4, 0.5) is 0 Å². The summed E-state index contributed by atoms with van der Waals surface area (Å²) in [6.45, 7) is 1.44. The fourth-order valence-corrected chi connectivity index (χ4v) is 2.06. The van der Waals surface area contributed by atoms with Gasteiger partial charge in [0.2, 0.25) is 0 Å². The molecule has 4 nitrogen and oxygen atoms in total. The molecule has 1 unspecified atom stereocenters. The van der Waals surface area contributed by atoms with E-state index < -0.39 is 0 Å². The molecule has 78 valence electrons. The number of hydrogen-bond donors (Lipinski definition) is 1. The van der Waals surface area contributed by atoms with Crippen LogP contribution in [-0.2, 0) is 18.2 Å². The van der Waals surface area contributed by atoms with E-state index >= 15 is 0 Å². The van der Waals surface area contributed by atoms with Gasteiger partial charge in [0.25, 0.3) is 0 Å². The number of rotatable bonds is 3. The Balaban J connectivity index is 2.08. The van der Waals surface area contributed by atoms with Gasteiger partial charge >= 0.3 is 0 Å². The molecule has 0 aliphatic carbocycles. The van der Waals surface area contributed by atoms with Crippen LogP contribution in [0, 0.1) is 0 Å². The lowest BCUT2D eigenvalue weighted by molar-refractivity contribution is 0.0122. The molecule has 0 radical (unpaired) electrons. The highest BCUT2D eigenvalue weighted by atomic mass is 16.5. The summed E-state index contributed by atoms with van der Waals surface area (Å²) < 4.78 is 7.55. The largest absolute Gasteiger partial charge is 0.373 e. The average molecular weight is 195 g/mol. The van der Waals surface area contributed by atoms with Crippen molar-refractivity contribution in [1.82, 2.24) is 9.78 Å². The van der Waals surface area contributed by atoms with Crippen LogP contribution in [0.1, 0.15) is 18.4 Å². The van der Waals surface area contributed by atoms with Crippen molar-refractivity contribution in [3.63, 3.8) is 0 Å². The van der Waals surface area contributed by atoms with Gasteiger partial charge in [0.15, 0.2) is 0 Å². The highest BCUT2D eigenvalue weighted by Gasteiger charge is 2.34. The fourth-order valence-electron chi connectivity index (χ4n) is 2.06. The van der Waals surface area contributed by atoms with Crippen LogP contribution in [0.2, 0.25) is 0 Å². The van der Waals surface area contributed by atoms with E-state index in [1.807, 2.05) is 24.1 Å². The van der Waals surface area contributed by atoms with Gasteiger partial charge < -0.3 is 10.5 Å². The Morgan fingerprint density at radius 1 is 1.71 bits per heavy atom. The fraction of sp³-hybridized carbons (Fsp3) is 0.700. The molecule has 1 saturated heterocycles. The molecule has 1 aromatic heterocycles. The van der Waals surface area contributed by atoms with Crippen molar-refractivity contribution in [2.75, 3.05) is 13.2 Å². The maximum absolute atomic E-state index is 5.77. The minimum absolute atomic E-state index is 0.122. The van der Waals surface area contributed by atoms with Crippen molar-refractivity contribution in [3.05, 3.63) is 18.0 Å². The molecular formula is C10H17N3O. The molecule has 1 fully saturated rings. The molecular weight excluding hydrogens is 178 g/mol. The van der Waals surface area contributed by atoms with Crippen LogP contribution in [0.5, 0.6) is 0 Å². The topological polar surface area (TPSA) is 53.1 Å². The predicted octanol–water partition coefficient (Wildman–Crippen LogP) is 0.470. The monoisotopic (exact) mass is 195 g/mol. The minimum atomic E-state index is -0.122. The summed E-state index contributed by atoms with van der Waals surface area (Å²) in [5.74, 6) is 0. The normalized spacial score (nSPS) is 27.0. The van der Waals surface area contributed by atoms with E-state index in [0.717, 1.165) is 25.9 Å². The van der Waals surface area contributed by atoms with Gasteiger partial charge in [-0.3, -0.25) is 4.68 Å². The minimum Gasteiger partial charge on any atom is -0.373 e. The van der Waals surface area contributed by atoms with Crippen LogP contribution in [0.15, 0.2) is 12.4 Å². The van der Waals surface area contributed by atoms with Crippen LogP contribution < -0.4 is 5.73 Å². The zero-order valence-electron chi connectivity index (χ0n) is 8.57. The van der Waals surface area contributed by atoms with Crippen molar-refractivity contribution in [1.29, 1.82) is 0 Å². The first kappa shape index (κ1) is 9.68. The molecule has 2 rings (SSSR count). The SMILES string of the molecule is Cn1cc(CC2(CN)CCCO2)cn1. The van der Waals surface area contributed by atoms with Crippen molar-refractivity contribution in [2.24, 2.45) is 12.8 Å². The van der Waals surface area contributed by atoms with Crippen LogP contribution in [0.3, 0.4) is 0 Å². The lowest BCUT2D eigenvalue weighted by Crippen LogP contribution is -2.39. The van der Waals surface area contributed by atoms with E-state index in [4.69, 9.17) is 10.5 Å². The van der Waals surface area contributed by atoms with Gasteiger partial charge in [-0.1, -0.05) is 0 Å². The number of hydrogen-bond acceptors (Lipinski definition) is 3. The Kier molecular flexibility index (Phi) is 2.56. The van der Waals surface area contributed by atoms with E-state index in [0.29, 0.717) is 6.54 Å². The first-order valence-corrected chi connectivity index (χ1v) is 5.06. The van der Waals surface area contributed by atoms with Crippen molar-refractivity contribution >= 4 is 0 Å². The first-order chi connectivity index (χ1) is 6.74. The van der Waals surface area contributed by atoms with Crippen LogP contribution in [0.25, 0.3) is 0 Å². The molecule has 2 heterocycles. The smallest absolute Gasteiger partial charge is 0.0846 e. The Hall–Kier alpha value is -0.870. The zero-order valence-corrected chi connectivity index (χ0v) is 8.57. The summed E-state index contributed by atoms with van der Waals surface area (Å²) in [5.41, 5.74) is 6.86. The summed E-state index contributed by atoms with van der Waals surface area (Å²) in [6.07, 6.45) is 6.99. The second-order valence-electron chi connectivity index (χ2n) is 4.04. The van der Waals surface area contributed by atoms with Gasteiger partial charge in [0, 0.05) is 32.8 Å². The molecule has 0 spiro atoms. The van der Waals surface area contributed by atoms with E-state index in [9.17, 15) is 0 Å². The van der Waals surface area contributed by atoms with Gasteiger partial charge in [-0.2, -0.15) is 5.10 Å². The highest BCUT2D eigenvalue weighted by Crippen LogP contribution is 2.28. The third-order valence-electron chi connectivity index (χ3n) is 2.84. The Morgan fingerprint density at radius 3 is 3.07 bits per heavy atom. The summed E-state index contributed by atoms with van der Waals surface area (Å²) in [7, 11) is 1.92. The van der Waals surface area contributed by atoms with Gasteiger partial charge in [-0.05, 0) is 18.4 Å². The molecule has 2 N–H and O–H groups in total. The lowest BCUT2D eigenvalue weighted by Gasteiger charge is -2.25.